The van der Waals surface area contributed by atoms with Crippen molar-refractivity contribution in [2.45, 2.75) is 31.7 Å². The maximum Gasteiger partial charge on any atom is 0.316 e. The summed E-state index contributed by atoms with van der Waals surface area (Å²) in [5.74, 6) is 0.279. The lowest BCUT2D eigenvalue weighted by Gasteiger charge is -2.17. The van der Waals surface area contributed by atoms with E-state index < -0.39 is 5.97 Å². The van der Waals surface area contributed by atoms with Crippen molar-refractivity contribution < 1.29 is 23.8 Å². The number of nitrogens with zero attached hydrogens (tertiary/aromatic N) is 1. The summed E-state index contributed by atoms with van der Waals surface area (Å²) < 4.78 is 17.5. The van der Waals surface area contributed by atoms with Gasteiger partial charge in [0.05, 0.1) is 25.5 Å². The summed E-state index contributed by atoms with van der Waals surface area (Å²) in [6.45, 7) is 6.18. The molecule has 0 radical (unpaired) electrons. The van der Waals surface area contributed by atoms with Crippen molar-refractivity contribution in [3.8, 4) is 5.75 Å². The van der Waals surface area contributed by atoms with Gasteiger partial charge in [-0.1, -0.05) is 0 Å². The zero-order chi connectivity index (χ0) is 20.7. The van der Waals surface area contributed by atoms with Gasteiger partial charge in [0.25, 0.3) is 0 Å². The second-order valence-electron chi connectivity index (χ2n) is 6.51. The van der Waals surface area contributed by atoms with Crippen LogP contribution >= 0.6 is 11.8 Å². The SMILES string of the molecule is COC[C@H](C)n1c(C)cc(C(=O)COC(=O)CSc2ccc(OC)cc2)c1C. The summed E-state index contributed by atoms with van der Waals surface area (Å²) in [5, 5.41) is 0. The van der Waals surface area contributed by atoms with Crippen LogP contribution in [0.2, 0.25) is 0 Å². The number of hydrogen-bond donors (Lipinski definition) is 0. The summed E-state index contributed by atoms with van der Waals surface area (Å²) in [7, 11) is 3.26. The lowest BCUT2D eigenvalue weighted by molar-refractivity contribution is -0.139. The predicted molar refractivity (Wildman–Crippen MR) is 110 cm³/mol. The second-order valence-corrected chi connectivity index (χ2v) is 7.56. The Hall–Kier alpha value is -2.25. The molecule has 1 heterocycles. The van der Waals surface area contributed by atoms with Gasteiger partial charge in [-0.2, -0.15) is 0 Å². The van der Waals surface area contributed by atoms with Crippen LogP contribution in [-0.2, 0) is 14.3 Å². The van der Waals surface area contributed by atoms with Crippen LogP contribution in [0.3, 0.4) is 0 Å². The summed E-state index contributed by atoms with van der Waals surface area (Å²) >= 11 is 1.35. The zero-order valence-corrected chi connectivity index (χ0v) is 17.8. The maximum atomic E-state index is 12.5. The Morgan fingerprint density at radius 3 is 2.43 bits per heavy atom. The van der Waals surface area contributed by atoms with Crippen LogP contribution in [0.1, 0.15) is 34.7 Å². The van der Waals surface area contributed by atoms with Gasteiger partial charge in [-0.3, -0.25) is 9.59 Å². The quantitative estimate of drug-likeness (QED) is 0.340. The highest BCUT2D eigenvalue weighted by Gasteiger charge is 2.20. The van der Waals surface area contributed by atoms with Crippen LogP contribution in [0.5, 0.6) is 5.75 Å². The Balaban J connectivity index is 1.89. The van der Waals surface area contributed by atoms with E-state index in [0.29, 0.717) is 12.2 Å². The van der Waals surface area contributed by atoms with Crippen molar-refractivity contribution in [3.63, 3.8) is 0 Å². The van der Waals surface area contributed by atoms with Gasteiger partial charge in [-0.15, -0.1) is 11.8 Å². The highest BCUT2D eigenvalue weighted by atomic mass is 32.2. The Morgan fingerprint density at radius 1 is 1.14 bits per heavy atom. The van der Waals surface area contributed by atoms with Gasteiger partial charge in [0.15, 0.2) is 6.61 Å². The second kappa shape index (κ2) is 10.3. The highest BCUT2D eigenvalue weighted by Crippen LogP contribution is 2.23. The molecule has 0 unspecified atom stereocenters. The number of methoxy groups -OCH3 is 2. The Labute approximate surface area is 170 Å². The minimum Gasteiger partial charge on any atom is -0.497 e. The van der Waals surface area contributed by atoms with E-state index >= 15 is 0 Å². The lowest BCUT2D eigenvalue weighted by Crippen LogP contribution is -2.17. The van der Waals surface area contributed by atoms with Gasteiger partial charge >= 0.3 is 5.97 Å². The number of carbonyl (C=O) groups excluding carboxylic acids is 2. The predicted octanol–water partition coefficient (Wildman–Crippen LogP) is 3.84. The first kappa shape index (κ1) is 22.0. The summed E-state index contributed by atoms with van der Waals surface area (Å²) in [6.07, 6.45) is 0. The molecule has 0 spiro atoms. The van der Waals surface area contributed by atoms with Crippen LogP contribution in [0.4, 0.5) is 0 Å². The molecule has 0 amide bonds. The van der Waals surface area contributed by atoms with Gasteiger partial charge in [-0.05, 0) is 51.1 Å². The minimum atomic E-state index is -0.421. The molecule has 1 aromatic heterocycles. The van der Waals surface area contributed by atoms with Crippen molar-refractivity contribution in [2.75, 3.05) is 33.2 Å². The number of aromatic nitrogens is 1. The van der Waals surface area contributed by atoms with Crippen molar-refractivity contribution in [2.24, 2.45) is 0 Å². The fraction of sp³-hybridized carbons (Fsp3) is 0.429. The fourth-order valence-electron chi connectivity index (χ4n) is 3.13. The molecular formula is C21H27NO5S. The third-order valence-electron chi connectivity index (χ3n) is 4.41. The molecule has 2 aromatic rings. The summed E-state index contributed by atoms with van der Waals surface area (Å²) in [6, 6.07) is 9.37. The van der Waals surface area contributed by atoms with Gasteiger partial charge < -0.3 is 18.8 Å². The first-order chi connectivity index (χ1) is 13.4. The van der Waals surface area contributed by atoms with E-state index in [1.54, 1.807) is 14.2 Å². The molecule has 0 N–H and O–H groups in total. The van der Waals surface area contributed by atoms with Crippen LogP contribution in [0, 0.1) is 13.8 Å². The Kier molecular flexibility index (Phi) is 8.14. The molecule has 0 bridgehead atoms. The molecule has 2 rings (SSSR count). The maximum absolute atomic E-state index is 12.5. The number of benzene rings is 1. The van der Waals surface area contributed by atoms with Crippen LogP contribution in [0.25, 0.3) is 0 Å². The first-order valence-corrected chi connectivity index (χ1v) is 9.99. The average Bonchev–Trinajstić information content (AvgIpc) is 2.99. The standard InChI is InChI=1S/C21H27NO5S/c1-14-10-19(16(3)22(14)15(2)11-25-4)20(23)12-27-21(24)13-28-18-8-6-17(26-5)7-9-18/h6-10,15H,11-13H2,1-5H3/t15-/m0/s1. The average molecular weight is 406 g/mol. The topological polar surface area (TPSA) is 66.8 Å². The fourth-order valence-corrected chi connectivity index (χ4v) is 3.83. The van der Waals surface area contributed by atoms with E-state index in [2.05, 4.69) is 4.57 Å². The normalized spacial score (nSPS) is 11.9. The van der Waals surface area contributed by atoms with Crippen LogP contribution in [0.15, 0.2) is 35.2 Å². The Morgan fingerprint density at radius 2 is 1.82 bits per heavy atom. The molecule has 0 aliphatic rings. The molecule has 0 aliphatic carbocycles. The number of esters is 1. The van der Waals surface area contributed by atoms with Gasteiger partial charge in [0.2, 0.25) is 5.78 Å². The number of aryl methyl sites for hydroxylation is 1. The molecule has 152 valence electrons. The number of thioether (sulfide) groups is 1. The molecule has 1 atom stereocenters. The lowest BCUT2D eigenvalue weighted by atomic mass is 10.1. The number of Topliss-reactive ketones (excluding diaryl/α,β-unsaturated/α-hetero) is 1. The number of ketones is 1. The van der Waals surface area contributed by atoms with Crippen molar-refractivity contribution in [3.05, 3.63) is 47.3 Å². The van der Waals surface area contributed by atoms with E-state index in [0.717, 1.165) is 22.0 Å². The zero-order valence-electron chi connectivity index (χ0n) is 17.0. The summed E-state index contributed by atoms with van der Waals surface area (Å²) in [5.41, 5.74) is 2.42. The molecule has 0 saturated heterocycles. The smallest absolute Gasteiger partial charge is 0.316 e. The highest BCUT2D eigenvalue weighted by molar-refractivity contribution is 8.00. The van der Waals surface area contributed by atoms with Crippen molar-refractivity contribution in [1.82, 2.24) is 4.57 Å². The van der Waals surface area contributed by atoms with E-state index in [1.807, 2.05) is 51.1 Å². The van der Waals surface area contributed by atoms with Gasteiger partial charge in [-0.25, -0.2) is 0 Å². The largest absolute Gasteiger partial charge is 0.497 e. The molecule has 28 heavy (non-hydrogen) atoms. The van der Waals surface area contributed by atoms with Crippen molar-refractivity contribution in [1.29, 1.82) is 0 Å². The van der Waals surface area contributed by atoms with E-state index in [1.165, 1.54) is 11.8 Å². The van der Waals surface area contributed by atoms with E-state index in [-0.39, 0.29) is 24.2 Å². The summed E-state index contributed by atoms with van der Waals surface area (Å²) in [4.78, 5) is 25.4. The van der Waals surface area contributed by atoms with Gasteiger partial charge in [0.1, 0.15) is 5.75 Å². The molecule has 0 fully saturated rings. The first-order valence-electron chi connectivity index (χ1n) is 9.00. The van der Waals surface area contributed by atoms with Crippen LogP contribution < -0.4 is 4.74 Å². The number of carbonyl (C=O) groups is 2. The van der Waals surface area contributed by atoms with Gasteiger partial charge in [0, 0.05) is 29.0 Å². The van der Waals surface area contributed by atoms with Crippen molar-refractivity contribution >= 4 is 23.5 Å². The van der Waals surface area contributed by atoms with E-state index in [4.69, 9.17) is 14.2 Å². The molecule has 0 aliphatic heterocycles. The molecule has 6 nitrogen and oxygen atoms in total. The number of hydrogen-bond acceptors (Lipinski definition) is 6. The monoisotopic (exact) mass is 405 g/mol. The molecule has 1 aromatic carbocycles. The minimum absolute atomic E-state index is 0.120. The molecular weight excluding hydrogens is 378 g/mol. The third-order valence-corrected chi connectivity index (χ3v) is 5.40. The third kappa shape index (κ3) is 5.62. The van der Waals surface area contributed by atoms with E-state index in [9.17, 15) is 9.59 Å². The number of rotatable bonds is 10. The Bertz CT molecular complexity index is 813. The number of ether oxygens (including phenoxy) is 3. The van der Waals surface area contributed by atoms with Crippen LogP contribution in [-0.4, -0.2) is 49.5 Å². The molecule has 7 heteroatoms. The molecule has 0 saturated carbocycles.